The van der Waals surface area contributed by atoms with Gasteiger partial charge in [0.15, 0.2) is 0 Å². The van der Waals surface area contributed by atoms with Crippen LogP contribution in [0.15, 0.2) is 0 Å². The topological polar surface area (TPSA) is 24.9 Å². The summed E-state index contributed by atoms with van der Waals surface area (Å²) in [5, 5.41) is 0. The van der Waals surface area contributed by atoms with Gasteiger partial charge in [-0.25, -0.2) is 0 Å². The van der Waals surface area contributed by atoms with Crippen LogP contribution in [0.5, 0.6) is 0 Å². The molecule has 2 fully saturated rings. The Kier molecular flexibility index (Phi) is 11.0. The number of likely N-dealkylation sites (tertiary alicyclic amines) is 2. The van der Waals surface area contributed by atoms with Crippen molar-refractivity contribution in [2.75, 3.05) is 26.3 Å². The van der Waals surface area contributed by atoms with Gasteiger partial charge in [-0.2, -0.15) is 0 Å². The zero-order valence-corrected chi connectivity index (χ0v) is 24.8. The van der Waals surface area contributed by atoms with E-state index in [0.29, 0.717) is 12.2 Å². The Bertz CT molecular complexity index is 547. The lowest BCUT2D eigenvalue weighted by molar-refractivity contribution is -0.0152. The maximum atomic E-state index is 6.44. The van der Waals surface area contributed by atoms with Gasteiger partial charge in [-0.3, -0.25) is 9.80 Å². The molecule has 2 heterocycles. The van der Waals surface area contributed by atoms with Crippen LogP contribution in [0.2, 0.25) is 0 Å². The van der Waals surface area contributed by atoms with E-state index in [0.717, 1.165) is 38.9 Å². The molecule has 2 saturated heterocycles. The summed E-state index contributed by atoms with van der Waals surface area (Å²) >= 11 is 0. The van der Waals surface area contributed by atoms with Gasteiger partial charge >= 0.3 is 0 Å². The van der Waals surface area contributed by atoms with Gasteiger partial charge in [-0.1, -0.05) is 13.8 Å². The van der Waals surface area contributed by atoms with E-state index in [1.165, 1.54) is 51.6 Å². The summed E-state index contributed by atoms with van der Waals surface area (Å²) in [5.41, 5.74) is 0.878. The predicted molar refractivity (Wildman–Crippen MR) is 147 cm³/mol. The van der Waals surface area contributed by atoms with Crippen LogP contribution in [0.25, 0.3) is 0 Å². The number of hydrogen-bond acceptors (Lipinski definition) is 4. The van der Waals surface area contributed by atoms with Crippen LogP contribution in [0.4, 0.5) is 0 Å². The van der Waals surface area contributed by atoms with Crippen LogP contribution in [-0.2, 0) is 9.47 Å². The highest BCUT2D eigenvalue weighted by Crippen LogP contribution is 2.39. The van der Waals surface area contributed by atoms with Crippen molar-refractivity contribution in [3.63, 3.8) is 0 Å². The van der Waals surface area contributed by atoms with E-state index in [1.54, 1.807) is 0 Å². The Labute approximate surface area is 213 Å². The molecule has 34 heavy (non-hydrogen) atoms. The van der Waals surface area contributed by atoms with Crippen molar-refractivity contribution in [3.8, 4) is 0 Å². The van der Waals surface area contributed by atoms with Crippen LogP contribution in [0, 0.1) is 0 Å². The molecule has 2 aliphatic rings. The summed E-state index contributed by atoms with van der Waals surface area (Å²) in [5.74, 6) is 0. The molecule has 2 rings (SSSR count). The molecular weight excluding hydrogens is 420 g/mol. The van der Waals surface area contributed by atoms with Gasteiger partial charge in [0.2, 0.25) is 0 Å². The molecule has 0 amide bonds. The van der Waals surface area contributed by atoms with E-state index in [1.807, 2.05) is 0 Å². The fraction of sp³-hybridized carbons (Fsp3) is 1.00. The molecule has 2 unspecified atom stereocenters. The summed E-state index contributed by atoms with van der Waals surface area (Å²) in [6.07, 6.45) is 12.4. The molecular formula is C30H60N2O2. The van der Waals surface area contributed by atoms with Crippen molar-refractivity contribution in [3.05, 3.63) is 0 Å². The van der Waals surface area contributed by atoms with Crippen molar-refractivity contribution < 1.29 is 9.47 Å². The molecule has 0 aromatic carbocycles. The number of nitrogens with zero attached hydrogens (tertiary/aromatic N) is 2. The molecule has 4 heteroatoms. The zero-order chi connectivity index (χ0) is 25.6. The molecule has 202 valence electrons. The van der Waals surface area contributed by atoms with Crippen molar-refractivity contribution in [1.82, 2.24) is 9.80 Å². The first-order valence-electron chi connectivity index (χ1n) is 14.5. The van der Waals surface area contributed by atoms with Gasteiger partial charge in [-0.05, 0) is 133 Å². The molecule has 0 aromatic heterocycles. The number of hydrogen-bond donors (Lipinski definition) is 0. The van der Waals surface area contributed by atoms with E-state index in [9.17, 15) is 0 Å². The maximum absolute atomic E-state index is 6.44. The third-order valence-corrected chi connectivity index (χ3v) is 8.67. The van der Waals surface area contributed by atoms with Crippen molar-refractivity contribution in [2.45, 2.75) is 168 Å². The molecule has 0 N–H and O–H groups in total. The molecule has 0 saturated carbocycles. The normalized spacial score (nSPS) is 29.5. The first-order chi connectivity index (χ1) is 15.7. The molecule has 0 bridgehead atoms. The fourth-order valence-corrected chi connectivity index (χ4v) is 7.12. The van der Waals surface area contributed by atoms with Gasteiger partial charge in [-0.15, -0.1) is 0 Å². The largest absolute Gasteiger partial charge is 0.378 e. The van der Waals surface area contributed by atoms with E-state index < -0.39 is 0 Å². The lowest BCUT2D eigenvalue weighted by Gasteiger charge is -2.47. The lowest BCUT2D eigenvalue weighted by Crippen LogP contribution is -2.54. The van der Waals surface area contributed by atoms with Crippen LogP contribution in [0.1, 0.15) is 133 Å². The van der Waals surface area contributed by atoms with Crippen LogP contribution < -0.4 is 0 Å². The number of ether oxygens (including phenoxy) is 2. The molecule has 4 nitrogen and oxygen atoms in total. The van der Waals surface area contributed by atoms with Gasteiger partial charge in [0.05, 0.1) is 12.2 Å². The quantitative estimate of drug-likeness (QED) is 0.287. The van der Waals surface area contributed by atoms with E-state index in [4.69, 9.17) is 9.47 Å². The Balaban J connectivity index is 1.75. The number of rotatable bonds is 11. The Hall–Kier alpha value is -0.160. The Morgan fingerprint density at radius 2 is 0.941 bits per heavy atom. The zero-order valence-electron chi connectivity index (χ0n) is 24.8. The average molecular weight is 481 g/mol. The molecule has 0 radical (unpaired) electrons. The third-order valence-electron chi connectivity index (χ3n) is 8.67. The lowest BCUT2D eigenvalue weighted by atomic mass is 9.91. The van der Waals surface area contributed by atoms with Gasteiger partial charge in [0.25, 0.3) is 0 Å². The monoisotopic (exact) mass is 480 g/mol. The van der Waals surface area contributed by atoms with Crippen LogP contribution in [-0.4, -0.2) is 70.5 Å². The molecule has 2 aliphatic heterocycles. The second kappa shape index (κ2) is 12.4. The summed E-state index contributed by atoms with van der Waals surface area (Å²) in [7, 11) is 0. The predicted octanol–water partition coefficient (Wildman–Crippen LogP) is 7.44. The minimum atomic E-state index is 0.190. The van der Waals surface area contributed by atoms with Crippen molar-refractivity contribution in [1.29, 1.82) is 0 Å². The summed E-state index contributed by atoms with van der Waals surface area (Å²) in [4.78, 5) is 5.46. The molecule has 0 spiro atoms. The average Bonchev–Trinajstić information content (AvgIpc) is 2.86. The smallest absolute Gasteiger partial charge is 0.0593 e. The maximum Gasteiger partial charge on any atom is 0.0593 e. The highest BCUT2D eigenvalue weighted by atomic mass is 16.5. The Morgan fingerprint density at radius 3 is 1.26 bits per heavy atom. The van der Waals surface area contributed by atoms with Gasteiger partial charge in [0, 0.05) is 35.4 Å². The number of unbranched alkanes of at least 4 members (excludes halogenated alkanes) is 1. The van der Waals surface area contributed by atoms with Crippen molar-refractivity contribution in [2.24, 2.45) is 0 Å². The fourth-order valence-electron chi connectivity index (χ4n) is 7.12. The highest BCUT2D eigenvalue weighted by molar-refractivity contribution is 4.98. The summed E-state index contributed by atoms with van der Waals surface area (Å²) in [6, 6.07) is 0. The van der Waals surface area contributed by atoms with Gasteiger partial charge in [0.1, 0.15) is 0 Å². The van der Waals surface area contributed by atoms with Crippen LogP contribution >= 0.6 is 0 Å². The first kappa shape index (κ1) is 30.1. The van der Waals surface area contributed by atoms with E-state index >= 15 is 0 Å². The first-order valence-corrected chi connectivity index (χ1v) is 14.5. The highest BCUT2D eigenvalue weighted by Gasteiger charge is 2.43. The van der Waals surface area contributed by atoms with Crippen molar-refractivity contribution >= 4 is 0 Å². The van der Waals surface area contributed by atoms with Gasteiger partial charge < -0.3 is 9.47 Å². The SMILES string of the molecule is CCCN1C(C)(C)CCC(OCCCCOC2CCC(C)(C)N(CCC)C(C)(C)C2)CC1(C)C. The van der Waals surface area contributed by atoms with E-state index in [2.05, 4.69) is 79.0 Å². The molecule has 0 aromatic rings. The second-order valence-electron chi connectivity index (χ2n) is 13.7. The summed E-state index contributed by atoms with van der Waals surface area (Å²) < 4.78 is 12.9. The van der Waals surface area contributed by atoms with E-state index in [-0.39, 0.29) is 22.2 Å². The minimum absolute atomic E-state index is 0.190. The molecule has 0 aliphatic carbocycles. The summed E-state index contributed by atoms with van der Waals surface area (Å²) in [6.45, 7) is 28.0. The second-order valence-corrected chi connectivity index (χ2v) is 13.7. The standard InChI is InChI=1S/C30H60N2O2/c1-11-19-31-27(3,4)17-15-25(23-29(31,7)8)33-21-13-14-22-34-26-16-18-28(5,6)32(20-12-2)30(9,10)24-26/h25-26H,11-24H2,1-10H3. The molecule has 2 atom stereocenters. The van der Waals surface area contributed by atoms with Crippen LogP contribution in [0.3, 0.4) is 0 Å². The minimum Gasteiger partial charge on any atom is -0.378 e. The Morgan fingerprint density at radius 1 is 0.588 bits per heavy atom. The third kappa shape index (κ3) is 8.18.